The fourth-order valence-corrected chi connectivity index (χ4v) is 2.20. The summed E-state index contributed by atoms with van der Waals surface area (Å²) in [4.78, 5) is 32.4. The molecule has 25 heavy (non-hydrogen) atoms. The van der Waals surface area contributed by atoms with Gasteiger partial charge in [-0.3, -0.25) is 9.05 Å². The van der Waals surface area contributed by atoms with Crippen LogP contribution >= 0.6 is 31.0 Å². The van der Waals surface area contributed by atoms with Crippen molar-refractivity contribution in [1.82, 2.24) is 0 Å². The first-order valence-corrected chi connectivity index (χ1v) is 9.55. The molecule has 11 heteroatoms. The van der Waals surface area contributed by atoms with Gasteiger partial charge >= 0.3 is 19.8 Å². The van der Waals surface area contributed by atoms with Crippen molar-refractivity contribution in [3.05, 3.63) is 24.3 Å². The lowest BCUT2D eigenvalue weighted by Crippen LogP contribution is -2.27. The quantitative estimate of drug-likeness (QED) is 0.223. The summed E-state index contributed by atoms with van der Waals surface area (Å²) in [7, 11) is -4.51. The van der Waals surface area contributed by atoms with Gasteiger partial charge in [0.2, 0.25) is 0 Å². The van der Waals surface area contributed by atoms with E-state index in [1.165, 1.54) is 13.8 Å². The Morgan fingerprint density at radius 1 is 0.960 bits per heavy atom. The van der Waals surface area contributed by atoms with Gasteiger partial charge in [0.15, 0.2) is 0 Å². The molecule has 0 rings (SSSR count). The number of phosphoric acid groups is 1. The molecule has 0 aliphatic heterocycles. The topological polar surface area (TPSA) is 108 Å². The van der Waals surface area contributed by atoms with Gasteiger partial charge < -0.3 is 14.4 Å². The van der Waals surface area contributed by atoms with Crippen molar-refractivity contribution in [3.63, 3.8) is 0 Å². The van der Waals surface area contributed by atoms with Crippen LogP contribution in [0.3, 0.4) is 0 Å². The van der Waals surface area contributed by atoms with E-state index in [0.29, 0.717) is 0 Å². The van der Waals surface area contributed by atoms with E-state index in [9.17, 15) is 19.0 Å². The van der Waals surface area contributed by atoms with Gasteiger partial charge in [-0.2, -0.15) is 0 Å². The van der Waals surface area contributed by atoms with Gasteiger partial charge in [0.05, 0.1) is 25.0 Å². The minimum atomic E-state index is -4.51. The van der Waals surface area contributed by atoms with Gasteiger partial charge in [-0.1, -0.05) is 13.2 Å². The lowest BCUT2D eigenvalue weighted by molar-refractivity contribution is -0.144. The lowest BCUT2D eigenvalue weighted by Gasteiger charge is -2.20. The van der Waals surface area contributed by atoms with Crippen LogP contribution in [0.2, 0.25) is 0 Å². The van der Waals surface area contributed by atoms with E-state index in [0.717, 1.165) is 0 Å². The molecule has 1 N–H and O–H groups in total. The maximum absolute atomic E-state index is 11.8. The second-order valence-electron chi connectivity index (χ2n) is 4.98. The largest absolute Gasteiger partial charge is 0.472 e. The summed E-state index contributed by atoms with van der Waals surface area (Å²) in [6.45, 7) is 8.71. The first kappa shape index (κ1) is 24.1. The zero-order valence-electron chi connectivity index (χ0n) is 13.9. The van der Waals surface area contributed by atoms with Crippen LogP contribution in [0.1, 0.15) is 13.8 Å². The Balaban J connectivity index is 4.48. The van der Waals surface area contributed by atoms with Gasteiger partial charge in [-0.15, -0.1) is 23.2 Å². The number of carbonyl (C=O) groups is 2. The number of esters is 2. The molecule has 0 aromatic carbocycles. The molecule has 0 fully saturated rings. The molecule has 0 radical (unpaired) electrons. The van der Waals surface area contributed by atoms with Gasteiger partial charge in [0.25, 0.3) is 0 Å². The highest BCUT2D eigenvalue weighted by molar-refractivity contribution is 7.47. The maximum atomic E-state index is 11.8. The van der Waals surface area contributed by atoms with Crippen molar-refractivity contribution < 1.29 is 37.6 Å². The molecule has 0 aromatic heterocycles. The third kappa shape index (κ3) is 10.6. The number of phosphoric ester groups is 1. The standard InChI is InChI=1S/C14H21Cl2O8P/c1-9(2)13(17)23-11(5-15)7-21-25(19,20)22-8-12(6-16)24-14(18)10(3)4/h11-12H,1,3,5-8H2,2,4H3,(H,19,20). The molecule has 2 unspecified atom stereocenters. The van der Waals surface area contributed by atoms with Crippen molar-refractivity contribution in [2.45, 2.75) is 26.1 Å². The Morgan fingerprint density at radius 3 is 1.52 bits per heavy atom. The Bertz CT molecular complexity index is 507. The van der Waals surface area contributed by atoms with Gasteiger partial charge in [-0.05, 0) is 13.8 Å². The normalized spacial score (nSPS) is 15.6. The Morgan fingerprint density at radius 2 is 1.28 bits per heavy atom. The Kier molecular flexibility index (Phi) is 11.3. The first-order valence-electron chi connectivity index (χ1n) is 6.99. The van der Waals surface area contributed by atoms with Crippen LogP contribution in [0.4, 0.5) is 0 Å². The second-order valence-corrected chi connectivity index (χ2v) is 7.05. The first-order chi connectivity index (χ1) is 11.5. The van der Waals surface area contributed by atoms with Gasteiger partial charge in [-0.25, -0.2) is 14.2 Å². The number of alkyl halides is 2. The monoisotopic (exact) mass is 418 g/mol. The fraction of sp³-hybridized carbons (Fsp3) is 0.571. The summed E-state index contributed by atoms with van der Waals surface area (Å²) in [6, 6.07) is 0. The average Bonchev–Trinajstić information content (AvgIpc) is 2.54. The fourth-order valence-electron chi connectivity index (χ4n) is 1.12. The number of hydrogen-bond donors (Lipinski definition) is 1. The zero-order chi connectivity index (χ0) is 19.6. The molecule has 0 saturated carbocycles. The van der Waals surface area contributed by atoms with Crippen molar-refractivity contribution in [2.24, 2.45) is 0 Å². The third-order valence-electron chi connectivity index (χ3n) is 2.44. The van der Waals surface area contributed by atoms with Crippen molar-refractivity contribution in [1.29, 1.82) is 0 Å². The Hall–Kier alpha value is -0.890. The van der Waals surface area contributed by atoms with Gasteiger partial charge in [0, 0.05) is 11.1 Å². The maximum Gasteiger partial charge on any atom is 0.472 e. The van der Waals surface area contributed by atoms with Crippen molar-refractivity contribution in [3.8, 4) is 0 Å². The van der Waals surface area contributed by atoms with E-state index in [-0.39, 0.29) is 22.9 Å². The highest BCUT2D eigenvalue weighted by Gasteiger charge is 2.27. The van der Waals surface area contributed by atoms with Crippen LogP contribution in [0, 0.1) is 0 Å². The number of carbonyl (C=O) groups excluding carboxylic acids is 2. The summed E-state index contributed by atoms with van der Waals surface area (Å²) >= 11 is 11.2. The van der Waals surface area contributed by atoms with Gasteiger partial charge in [0.1, 0.15) is 12.2 Å². The molecule has 2 atom stereocenters. The molecule has 0 aliphatic rings. The number of rotatable bonds is 12. The van der Waals surface area contributed by atoms with E-state index in [4.69, 9.17) is 41.7 Å². The molecule has 0 amide bonds. The van der Waals surface area contributed by atoms with E-state index < -0.39 is 45.2 Å². The van der Waals surface area contributed by atoms with E-state index in [1.54, 1.807) is 0 Å². The van der Waals surface area contributed by atoms with Crippen molar-refractivity contribution in [2.75, 3.05) is 25.0 Å². The lowest BCUT2D eigenvalue weighted by atomic mass is 10.3. The molecule has 0 aromatic rings. The summed E-state index contributed by atoms with van der Waals surface area (Å²) in [6.07, 6.45) is -1.94. The molecule has 0 heterocycles. The van der Waals surface area contributed by atoms with Crippen LogP contribution in [-0.2, 0) is 32.7 Å². The molecule has 0 spiro atoms. The average molecular weight is 419 g/mol. The molecular weight excluding hydrogens is 398 g/mol. The van der Waals surface area contributed by atoms with Crippen molar-refractivity contribution >= 4 is 43.0 Å². The smallest absolute Gasteiger partial charge is 0.455 e. The summed E-state index contributed by atoms with van der Waals surface area (Å²) < 4.78 is 31.0. The summed E-state index contributed by atoms with van der Waals surface area (Å²) in [5, 5.41) is 0. The molecule has 0 aliphatic carbocycles. The van der Waals surface area contributed by atoms with Crippen LogP contribution < -0.4 is 0 Å². The zero-order valence-corrected chi connectivity index (χ0v) is 16.3. The van der Waals surface area contributed by atoms with Crippen LogP contribution in [0.15, 0.2) is 24.3 Å². The second kappa shape index (κ2) is 11.7. The van der Waals surface area contributed by atoms with E-state index in [2.05, 4.69) is 13.2 Å². The summed E-state index contributed by atoms with van der Waals surface area (Å²) in [5.74, 6) is -1.76. The van der Waals surface area contributed by atoms with E-state index >= 15 is 0 Å². The molecule has 8 nitrogen and oxygen atoms in total. The number of ether oxygens (including phenoxy) is 2. The third-order valence-corrected chi connectivity index (χ3v) is 4.07. The predicted molar refractivity (Wildman–Crippen MR) is 92.6 cm³/mol. The van der Waals surface area contributed by atoms with Crippen LogP contribution in [0.5, 0.6) is 0 Å². The summed E-state index contributed by atoms with van der Waals surface area (Å²) in [5.41, 5.74) is 0.283. The van der Waals surface area contributed by atoms with Crippen LogP contribution in [0.25, 0.3) is 0 Å². The molecule has 144 valence electrons. The van der Waals surface area contributed by atoms with E-state index in [1.807, 2.05) is 0 Å². The minimum Gasteiger partial charge on any atom is -0.455 e. The highest BCUT2D eigenvalue weighted by atomic mass is 35.5. The van der Waals surface area contributed by atoms with Crippen LogP contribution in [-0.4, -0.2) is 54.0 Å². The molecule has 0 saturated heterocycles. The molecular formula is C14H21Cl2O8P. The highest BCUT2D eigenvalue weighted by Crippen LogP contribution is 2.43. The minimum absolute atomic E-state index is 0.142. The molecule has 0 bridgehead atoms. The predicted octanol–water partition coefficient (Wildman–Crippen LogP) is 2.57. The SMILES string of the molecule is C=C(C)C(=O)OC(CCl)COP(=O)(O)OCC(CCl)OC(=O)C(=C)C. The Labute approximate surface area is 156 Å². The number of hydrogen-bond acceptors (Lipinski definition) is 7. The number of halogens is 2.